The Morgan fingerprint density at radius 1 is 1.15 bits per heavy atom. The molecule has 3 atom stereocenters. The molecular formula is C25H24Cl2FN5O. The van der Waals surface area contributed by atoms with Crippen LogP contribution in [0.25, 0.3) is 0 Å². The number of halogens is 3. The number of hydrogen-bond donors (Lipinski definition) is 1. The van der Waals surface area contributed by atoms with E-state index in [1.807, 2.05) is 30.9 Å². The molecule has 9 heteroatoms. The lowest BCUT2D eigenvalue weighted by atomic mass is 9.83. The quantitative estimate of drug-likeness (QED) is 0.552. The third-order valence-corrected chi connectivity index (χ3v) is 7.57. The largest absolute Gasteiger partial charge is 0.330 e. The predicted octanol–water partition coefficient (Wildman–Crippen LogP) is 4.99. The lowest BCUT2D eigenvalue weighted by Gasteiger charge is -2.48. The minimum Gasteiger partial charge on any atom is -0.330 e. The van der Waals surface area contributed by atoms with Crippen LogP contribution in [0.2, 0.25) is 10.0 Å². The van der Waals surface area contributed by atoms with Gasteiger partial charge in [0.15, 0.2) is 5.82 Å². The second-order valence-electron chi connectivity index (χ2n) is 8.93. The molecule has 0 saturated carbocycles. The van der Waals surface area contributed by atoms with Gasteiger partial charge in [-0.3, -0.25) is 4.79 Å². The Bertz CT molecular complexity index is 1270. The smallest absolute Gasteiger partial charge is 0.234 e. The van der Waals surface area contributed by atoms with E-state index in [4.69, 9.17) is 28.2 Å². The molecule has 6 nitrogen and oxygen atoms in total. The Hall–Kier alpha value is -2.74. The molecule has 0 aliphatic carbocycles. The number of aromatic nitrogens is 2. The van der Waals surface area contributed by atoms with Crippen LogP contribution >= 0.6 is 23.2 Å². The van der Waals surface area contributed by atoms with Crippen molar-refractivity contribution in [2.45, 2.75) is 25.4 Å². The molecule has 3 unspecified atom stereocenters. The van der Waals surface area contributed by atoms with Crippen LogP contribution in [0, 0.1) is 11.7 Å². The van der Waals surface area contributed by atoms with E-state index in [9.17, 15) is 9.18 Å². The Kier molecular flexibility index (Phi) is 5.96. The molecule has 1 amide bonds. The first-order chi connectivity index (χ1) is 16.3. The van der Waals surface area contributed by atoms with Crippen LogP contribution in [0.15, 0.2) is 59.7 Å². The zero-order valence-corrected chi connectivity index (χ0v) is 20.3. The second kappa shape index (κ2) is 8.80. The van der Waals surface area contributed by atoms with E-state index >= 15 is 0 Å². The molecule has 1 fully saturated rings. The number of nitrogens with one attached hydrogen (secondary N) is 1. The number of carbonyl (C=O) groups is 1. The standard InChI is InChI=1S/C25H24Cl2FN5O/c1-15-22(23(33-21(31-15)9-10-30-33)16-3-8-19(26)20(27)13-16)24(34)32-12-11-29-14-25(32,2)17-4-6-18(28)7-5-17/h3-10,13,22-23,29H,11-12,14H2,1-2H3. The first-order valence-electron chi connectivity index (χ1n) is 11.1. The normalized spacial score (nSPS) is 24.5. The molecule has 1 N–H and O–H groups in total. The molecule has 3 heterocycles. The molecule has 1 aromatic heterocycles. The average molecular weight is 500 g/mol. The maximum atomic E-state index is 14.3. The third kappa shape index (κ3) is 3.82. The number of amides is 1. The Morgan fingerprint density at radius 3 is 2.65 bits per heavy atom. The summed E-state index contributed by atoms with van der Waals surface area (Å²) in [5, 5.41) is 8.74. The number of benzene rings is 2. The highest BCUT2D eigenvalue weighted by atomic mass is 35.5. The van der Waals surface area contributed by atoms with Gasteiger partial charge in [-0.05, 0) is 49.2 Å². The number of piperazine rings is 1. The van der Waals surface area contributed by atoms with Gasteiger partial charge in [0.25, 0.3) is 0 Å². The molecule has 2 aromatic carbocycles. The number of rotatable bonds is 3. The molecule has 34 heavy (non-hydrogen) atoms. The maximum absolute atomic E-state index is 14.3. The SMILES string of the molecule is CC1=Nc2ccnn2C(c2ccc(Cl)c(Cl)c2)C1C(=O)N1CCNCC1(C)c1ccc(F)cc1. The van der Waals surface area contributed by atoms with Gasteiger partial charge in [-0.1, -0.05) is 41.4 Å². The van der Waals surface area contributed by atoms with Crippen molar-refractivity contribution in [2.75, 3.05) is 19.6 Å². The van der Waals surface area contributed by atoms with Gasteiger partial charge in [-0.2, -0.15) is 5.10 Å². The lowest BCUT2D eigenvalue weighted by Crippen LogP contribution is -2.61. The van der Waals surface area contributed by atoms with E-state index < -0.39 is 17.5 Å². The molecule has 0 radical (unpaired) electrons. The molecule has 5 rings (SSSR count). The zero-order valence-electron chi connectivity index (χ0n) is 18.8. The monoisotopic (exact) mass is 499 g/mol. The van der Waals surface area contributed by atoms with Crippen LogP contribution in [-0.4, -0.2) is 45.9 Å². The Morgan fingerprint density at radius 2 is 1.91 bits per heavy atom. The molecule has 1 saturated heterocycles. The summed E-state index contributed by atoms with van der Waals surface area (Å²) in [6.45, 7) is 5.61. The molecule has 2 aliphatic rings. The summed E-state index contributed by atoms with van der Waals surface area (Å²) >= 11 is 12.5. The van der Waals surface area contributed by atoms with Crippen molar-refractivity contribution in [3.05, 3.63) is 81.7 Å². The first-order valence-corrected chi connectivity index (χ1v) is 11.9. The van der Waals surface area contributed by atoms with Gasteiger partial charge in [-0.15, -0.1) is 0 Å². The van der Waals surface area contributed by atoms with E-state index in [-0.39, 0.29) is 11.7 Å². The molecule has 0 bridgehead atoms. The van der Waals surface area contributed by atoms with Crippen molar-refractivity contribution in [2.24, 2.45) is 10.9 Å². The fourth-order valence-electron chi connectivity index (χ4n) is 5.03. The first kappa shape index (κ1) is 23.0. The summed E-state index contributed by atoms with van der Waals surface area (Å²) < 4.78 is 15.4. The minimum absolute atomic E-state index is 0.0632. The minimum atomic E-state index is -0.657. The van der Waals surface area contributed by atoms with Gasteiger partial charge in [0, 0.05) is 31.4 Å². The van der Waals surface area contributed by atoms with Crippen LogP contribution in [0.5, 0.6) is 0 Å². The fourth-order valence-corrected chi connectivity index (χ4v) is 5.33. The summed E-state index contributed by atoms with van der Waals surface area (Å²) in [6, 6.07) is 13.1. The second-order valence-corrected chi connectivity index (χ2v) is 9.75. The number of hydrogen-bond acceptors (Lipinski definition) is 4. The van der Waals surface area contributed by atoms with Crippen LogP contribution in [0.1, 0.15) is 31.0 Å². The topological polar surface area (TPSA) is 62.5 Å². The molecular weight excluding hydrogens is 476 g/mol. The van der Waals surface area contributed by atoms with Crippen LogP contribution in [0.4, 0.5) is 10.2 Å². The number of aliphatic imine (C=N–C) groups is 1. The van der Waals surface area contributed by atoms with Gasteiger partial charge in [0.2, 0.25) is 5.91 Å². The number of nitrogens with zero attached hydrogens (tertiary/aromatic N) is 4. The zero-order chi connectivity index (χ0) is 24.0. The van der Waals surface area contributed by atoms with Crippen LogP contribution in [0.3, 0.4) is 0 Å². The van der Waals surface area contributed by atoms with E-state index in [2.05, 4.69) is 10.4 Å². The van der Waals surface area contributed by atoms with Gasteiger partial charge in [-0.25, -0.2) is 14.1 Å². The van der Waals surface area contributed by atoms with Crippen molar-refractivity contribution in [3.8, 4) is 0 Å². The van der Waals surface area contributed by atoms with E-state index in [0.29, 0.717) is 41.2 Å². The van der Waals surface area contributed by atoms with Gasteiger partial charge >= 0.3 is 0 Å². The van der Waals surface area contributed by atoms with Crippen molar-refractivity contribution >= 4 is 40.6 Å². The van der Waals surface area contributed by atoms with E-state index in [0.717, 1.165) is 11.1 Å². The van der Waals surface area contributed by atoms with Gasteiger partial charge in [0.1, 0.15) is 11.7 Å². The summed E-state index contributed by atoms with van der Waals surface area (Å²) in [6.07, 6.45) is 1.68. The lowest BCUT2D eigenvalue weighted by molar-refractivity contribution is -0.142. The van der Waals surface area contributed by atoms with Crippen molar-refractivity contribution in [1.29, 1.82) is 0 Å². The number of fused-ring (bicyclic) bond motifs is 1. The molecule has 2 aliphatic heterocycles. The van der Waals surface area contributed by atoms with Gasteiger partial charge in [0.05, 0.1) is 27.8 Å². The molecule has 176 valence electrons. The maximum Gasteiger partial charge on any atom is 0.234 e. The predicted molar refractivity (Wildman–Crippen MR) is 131 cm³/mol. The molecule has 3 aromatic rings. The summed E-state index contributed by atoms with van der Waals surface area (Å²) in [5.74, 6) is -0.288. The van der Waals surface area contributed by atoms with E-state index in [1.54, 1.807) is 35.1 Å². The van der Waals surface area contributed by atoms with E-state index in [1.165, 1.54) is 12.1 Å². The van der Waals surface area contributed by atoms with Crippen LogP contribution in [-0.2, 0) is 10.3 Å². The fraction of sp³-hybridized carbons (Fsp3) is 0.320. The van der Waals surface area contributed by atoms with Crippen molar-refractivity contribution < 1.29 is 9.18 Å². The highest BCUT2D eigenvalue weighted by Gasteiger charge is 2.46. The summed E-state index contributed by atoms with van der Waals surface area (Å²) in [7, 11) is 0. The van der Waals surface area contributed by atoms with Crippen LogP contribution < -0.4 is 5.32 Å². The summed E-state index contributed by atoms with van der Waals surface area (Å²) in [4.78, 5) is 20.9. The Labute approximate surface area is 207 Å². The van der Waals surface area contributed by atoms with Crippen molar-refractivity contribution in [1.82, 2.24) is 20.0 Å². The number of carbonyl (C=O) groups excluding carboxylic acids is 1. The highest BCUT2D eigenvalue weighted by Crippen LogP contribution is 2.41. The highest BCUT2D eigenvalue weighted by molar-refractivity contribution is 6.42. The average Bonchev–Trinajstić information content (AvgIpc) is 3.28. The third-order valence-electron chi connectivity index (χ3n) is 6.83. The van der Waals surface area contributed by atoms with Gasteiger partial charge < -0.3 is 10.2 Å². The summed E-state index contributed by atoms with van der Waals surface area (Å²) in [5.41, 5.74) is 1.74. The Balaban J connectivity index is 1.60. The van der Waals surface area contributed by atoms with Crippen molar-refractivity contribution in [3.63, 3.8) is 0 Å². The molecule has 0 spiro atoms.